The fourth-order valence-corrected chi connectivity index (χ4v) is 3.94. The van der Waals surface area contributed by atoms with E-state index in [9.17, 15) is 26.7 Å². The van der Waals surface area contributed by atoms with Gasteiger partial charge in [-0.1, -0.05) is 25.2 Å². The van der Waals surface area contributed by atoms with E-state index >= 15 is 0 Å². The third-order valence-electron chi connectivity index (χ3n) is 4.12. The van der Waals surface area contributed by atoms with Crippen LogP contribution in [0, 0.1) is 9.87 Å². The van der Waals surface area contributed by atoms with Gasteiger partial charge in [-0.3, -0.25) is 9.69 Å². The van der Waals surface area contributed by atoms with E-state index in [0.29, 0.717) is 21.1 Å². The molecule has 0 aliphatic heterocycles. The summed E-state index contributed by atoms with van der Waals surface area (Å²) in [5.74, 6) is -0.459. The van der Waals surface area contributed by atoms with Crippen molar-refractivity contribution in [1.82, 2.24) is 9.97 Å². The van der Waals surface area contributed by atoms with E-state index in [-0.39, 0.29) is 11.5 Å². The minimum absolute atomic E-state index is 0.0875. The fraction of sp³-hybridized carbons (Fsp3) is 0.350. The quantitative estimate of drug-likeness (QED) is 0.300. The first-order chi connectivity index (χ1) is 14.8. The average molecular weight is 492 g/mol. The molecule has 0 saturated heterocycles. The van der Waals surface area contributed by atoms with Crippen molar-refractivity contribution in [3.8, 4) is 5.75 Å². The molecule has 0 saturated carbocycles. The Bertz CT molecular complexity index is 1160. The molecule has 2 aromatic heterocycles. The van der Waals surface area contributed by atoms with E-state index in [1.807, 2.05) is 13.8 Å². The first-order valence-corrected chi connectivity index (χ1v) is 10.6. The molecule has 0 radical (unpaired) electrons. The lowest BCUT2D eigenvalue weighted by Gasteiger charge is -2.24. The number of benzene rings is 1. The molecule has 172 valence electrons. The molecule has 0 atom stereocenters. The van der Waals surface area contributed by atoms with Crippen molar-refractivity contribution in [2.45, 2.75) is 32.6 Å². The van der Waals surface area contributed by atoms with Crippen molar-refractivity contribution in [2.75, 3.05) is 11.4 Å². The summed E-state index contributed by atoms with van der Waals surface area (Å²) >= 11 is 6.38. The first kappa shape index (κ1) is 24.1. The number of thiazole rings is 1. The second-order valence-corrected chi connectivity index (χ2v) is 9.07. The van der Waals surface area contributed by atoms with Crippen LogP contribution in [-0.4, -0.2) is 34.7 Å². The molecule has 0 spiro atoms. The summed E-state index contributed by atoms with van der Waals surface area (Å²) in [7, 11) is 0. The van der Waals surface area contributed by atoms with E-state index in [2.05, 4.69) is 14.7 Å². The minimum atomic E-state index is -5.09. The Kier molecular flexibility index (Phi) is 6.84. The highest BCUT2D eigenvalue weighted by molar-refractivity contribution is 7.73. The zero-order valence-corrected chi connectivity index (χ0v) is 18.5. The lowest BCUT2D eigenvalue weighted by molar-refractivity contribution is -0.255. The number of H-pyrrole nitrogens is 1. The van der Waals surface area contributed by atoms with Crippen LogP contribution in [-0.2, 0) is 0 Å². The molecule has 2 heterocycles. The molecule has 32 heavy (non-hydrogen) atoms. The molecule has 12 heteroatoms. The maximum Gasteiger partial charge on any atom is 0.406 e. The van der Waals surface area contributed by atoms with E-state index < -0.39 is 30.4 Å². The Hall–Kier alpha value is -2.60. The fourth-order valence-electron chi connectivity index (χ4n) is 2.89. The number of nitrogens with zero attached hydrogens (tertiary/aromatic N) is 2. The minimum Gasteiger partial charge on any atom is -0.432 e. The van der Waals surface area contributed by atoms with Crippen LogP contribution in [0.3, 0.4) is 0 Å². The van der Waals surface area contributed by atoms with E-state index in [1.165, 1.54) is 28.4 Å². The number of hydrogen-bond acceptors (Lipinski definition) is 5. The lowest BCUT2D eigenvalue weighted by atomic mass is 10.1. The van der Waals surface area contributed by atoms with Gasteiger partial charge in [0, 0.05) is 12.1 Å². The highest BCUT2D eigenvalue weighted by Gasteiger charge is 2.45. The third kappa shape index (κ3) is 6.22. The summed E-state index contributed by atoms with van der Waals surface area (Å²) in [6, 6.07) is 7.90. The van der Waals surface area contributed by atoms with Gasteiger partial charge in [0.05, 0.1) is 5.52 Å². The van der Waals surface area contributed by atoms with Gasteiger partial charge >= 0.3 is 12.3 Å². The van der Waals surface area contributed by atoms with Crippen LogP contribution >= 0.6 is 23.6 Å². The van der Waals surface area contributed by atoms with Crippen molar-refractivity contribution < 1.29 is 31.5 Å². The van der Waals surface area contributed by atoms with Crippen LogP contribution in [0.15, 0.2) is 36.4 Å². The SMILES string of the molecule is CC(C)CN(C(=O)c1ccc(OC(F)(F)CC(F)(F)F)cc1)c1ccc2[nH]c(=S)sc2n1. The van der Waals surface area contributed by atoms with Crippen molar-refractivity contribution in [3.63, 3.8) is 0 Å². The summed E-state index contributed by atoms with van der Waals surface area (Å²) in [5, 5.41) is 0. The van der Waals surface area contributed by atoms with Crippen LogP contribution in [0.1, 0.15) is 30.6 Å². The summed E-state index contributed by atoms with van der Waals surface area (Å²) in [5.41, 5.74) is 0.878. The standard InChI is InChI=1S/C20H18F5N3O2S2/c1-11(2)9-28(15-8-7-14-16(27-15)32-18(31)26-14)17(29)12-3-5-13(6-4-12)30-20(24,25)10-19(21,22)23/h3-8,11H,9-10H2,1-2H3,(H,26,31). The van der Waals surface area contributed by atoms with Crippen molar-refractivity contribution >= 4 is 45.6 Å². The zero-order valence-electron chi connectivity index (χ0n) is 16.9. The second-order valence-electron chi connectivity index (χ2n) is 7.40. The van der Waals surface area contributed by atoms with Crippen LogP contribution in [0.5, 0.6) is 5.75 Å². The lowest BCUT2D eigenvalue weighted by Crippen LogP contribution is -2.35. The first-order valence-electron chi connectivity index (χ1n) is 9.38. The predicted molar refractivity (Wildman–Crippen MR) is 114 cm³/mol. The Labute approximate surface area is 188 Å². The van der Waals surface area contributed by atoms with Gasteiger partial charge in [0.1, 0.15) is 22.8 Å². The van der Waals surface area contributed by atoms with Crippen molar-refractivity contribution in [3.05, 3.63) is 45.9 Å². The number of fused-ring (bicyclic) bond motifs is 1. The summed E-state index contributed by atoms with van der Waals surface area (Å²) in [6.45, 7) is 4.16. The normalized spacial score (nSPS) is 12.4. The van der Waals surface area contributed by atoms with Gasteiger partial charge in [-0.25, -0.2) is 4.98 Å². The van der Waals surface area contributed by atoms with Crippen LogP contribution in [0.4, 0.5) is 27.8 Å². The summed E-state index contributed by atoms with van der Waals surface area (Å²) < 4.78 is 68.4. The maximum atomic E-state index is 13.5. The Morgan fingerprint density at radius 2 is 1.81 bits per heavy atom. The average Bonchev–Trinajstić information content (AvgIpc) is 3.03. The van der Waals surface area contributed by atoms with Gasteiger partial charge in [-0.05, 0) is 54.5 Å². The Morgan fingerprint density at radius 3 is 2.41 bits per heavy atom. The molecule has 1 N–H and O–H groups in total. The molecule has 0 bridgehead atoms. The van der Waals surface area contributed by atoms with E-state index in [4.69, 9.17) is 12.2 Å². The summed E-state index contributed by atoms with van der Waals surface area (Å²) in [4.78, 5) is 22.7. The van der Waals surface area contributed by atoms with E-state index in [0.717, 1.165) is 17.6 Å². The van der Waals surface area contributed by atoms with Gasteiger partial charge in [0.25, 0.3) is 5.91 Å². The van der Waals surface area contributed by atoms with Crippen molar-refractivity contribution in [2.24, 2.45) is 5.92 Å². The molecule has 0 unspecified atom stereocenters. The van der Waals surface area contributed by atoms with Crippen LogP contribution in [0.2, 0.25) is 0 Å². The van der Waals surface area contributed by atoms with Gasteiger partial charge in [0.2, 0.25) is 0 Å². The zero-order chi connectivity index (χ0) is 23.7. The molecule has 0 fully saturated rings. The number of hydrogen-bond donors (Lipinski definition) is 1. The molecule has 1 aromatic carbocycles. The number of aromatic nitrogens is 2. The number of aromatic amines is 1. The topological polar surface area (TPSA) is 58.2 Å². The number of ether oxygens (including phenoxy) is 1. The number of pyridine rings is 1. The number of halogens is 5. The maximum absolute atomic E-state index is 13.5. The van der Waals surface area contributed by atoms with Crippen LogP contribution < -0.4 is 9.64 Å². The highest BCUT2D eigenvalue weighted by Crippen LogP contribution is 2.33. The number of carbonyl (C=O) groups excluding carboxylic acids is 1. The van der Waals surface area contributed by atoms with Gasteiger partial charge in [-0.2, -0.15) is 22.0 Å². The third-order valence-corrected chi connectivity index (χ3v) is 5.26. The largest absolute Gasteiger partial charge is 0.432 e. The molecule has 1 amide bonds. The number of rotatable bonds is 7. The van der Waals surface area contributed by atoms with Crippen molar-refractivity contribution in [1.29, 1.82) is 0 Å². The number of amides is 1. The number of nitrogens with one attached hydrogen (secondary N) is 1. The Balaban J connectivity index is 1.84. The monoisotopic (exact) mass is 491 g/mol. The highest BCUT2D eigenvalue weighted by atomic mass is 32.1. The predicted octanol–water partition coefficient (Wildman–Crippen LogP) is 6.58. The second kappa shape index (κ2) is 9.10. The number of anilines is 1. The molecule has 3 rings (SSSR count). The number of alkyl halides is 5. The van der Waals surface area contributed by atoms with Gasteiger partial charge in [-0.15, -0.1) is 0 Å². The molecule has 0 aliphatic rings. The number of carbonyl (C=O) groups is 1. The molecular formula is C20H18F5N3O2S2. The van der Waals surface area contributed by atoms with Gasteiger partial charge in [0.15, 0.2) is 3.95 Å². The smallest absolute Gasteiger partial charge is 0.406 e. The molecular weight excluding hydrogens is 473 g/mol. The molecule has 3 aromatic rings. The molecule has 0 aliphatic carbocycles. The van der Waals surface area contributed by atoms with Gasteiger partial charge < -0.3 is 9.72 Å². The van der Waals surface area contributed by atoms with Crippen LogP contribution in [0.25, 0.3) is 10.3 Å². The van der Waals surface area contributed by atoms with E-state index in [1.54, 1.807) is 12.1 Å². The molecule has 5 nitrogen and oxygen atoms in total. The Morgan fingerprint density at radius 1 is 1.16 bits per heavy atom. The summed E-state index contributed by atoms with van der Waals surface area (Å²) in [6.07, 6.45) is -11.9.